The van der Waals surface area contributed by atoms with E-state index in [1.54, 1.807) is 18.2 Å². The monoisotopic (exact) mass is 361 g/mol. The van der Waals surface area contributed by atoms with Crippen LogP contribution in [-0.4, -0.2) is 33.7 Å². The molecule has 6 nitrogen and oxygen atoms in total. The van der Waals surface area contributed by atoms with Gasteiger partial charge < -0.3 is 5.32 Å². The number of benzene rings is 2. The van der Waals surface area contributed by atoms with Crippen LogP contribution in [0.4, 0.5) is 10.1 Å². The lowest BCUT2D eigenvalue weighted by Gasteiger charge is -2.22. The first-order chi connectivity index (χ1) is 11.8. The summed E-state index contributed by atoms with van der Waals surface area (Å²) in [6.45, 7) is 0.0563. The number of amides is 1. The smallest absolute Gasteiger partial charge is 0.251 e. The number of hydrogen-bond donors (Lipinski definition) is 1. The third-order valence-electron chi connectivity index (χ3n) is 3.37. The van der Waals surface area contributed by atoms with E-state index in [0.29, 0.717) is 11.3 Å². The molecule has 0 radical (unpaired) electrons. The van der Waals surface area contributed by atoms with Gasteiger partial charge in [-0.2, -0.15) is 5.26 Å². The second kappa shape index (κ2) is 7.77. The van der Waals surface area contributed by atoms with E-state index in [1.807, 2.05) is 6.07 Å². The third-order valence-corrected chi connectivity index (χ3v) is 4.56. The molecule has 0 unspecified atom stereocenters. The van der Waals surface area contributed by atoms with Gasteiger partial charge in [0.2, 0.25) is 10.0 Å². The highest BCUT2D eigenvalue weighted by Gasteiger charge is 2.18. The minimum Gasteiger partial charge on any atom is -0.350 e. The number of carbonyl (C=O) groups is 1. The highest BCUT2D eigenvalue weighted by Crippen LogP contribution is 2.18. The van der Waals surface area contributed by atoms with Crippen LogP contribution >= 0.6 is 0 Å². The Morgan fingerprint density at radius 2 is 1.92 bits per heavy atom. The van der Waals surface area contributed by atoms with Crippen LogP contribution in [0.3, 0.4) is 0 Å². The van der Waals surface area contributed by atoms with Gasteiger partial charge in [0.15, 0.2) is 0 Å². The van der Waals surface area contributed by atoms with Crippen LogP contribution < -0.4 is 9.62 Å². The van der Waals surface area contributed by atoms with Crippen molar-refractivity contribution in [3.63, 3.8) is 0 Å². The third kappa shape index (κ3) is 5.02. The molecule has 0 fully saturated rings. The zero-order valence-corrected chi connectivity index (χ0v) is 14.3. The fourth-order valence-corrected chi connectivity index (χ4v) is 3.11. The van der Waals surface area contributed by atoms with Gasteiger partial charge in [-0.1, -0.05) is 6.07 Å². The zero-order chi connectivity index (χ0) is 18.4. The number of nitrogens with one attached hydrogen (secondary N) is 1. The maximum absolute atomic E-state index is 12.9. The van der Waals surface area contributed by atoms with Gasteiger partial charge in [0.1, 0.15) is 5.82 Å². The molecule has 25 heavy (non-hydrogen) atoms. The van der Waals surface area contributed by atoms with Crippen molar-refractivity contribution >= 4 is 21.6 Å². The number of sulfonamides is 1. The standard InChI is InChI=1S/C17H16FN3O3S/c1-25(23,24)21(16-4-2-3-13(11-16)12-19)10-9-20-17(22)14-5-7-15(18)8-6-14/h2-8,11H,9-10H2,1H3,(H,20,22). The van der Waals surface area contributed by atoms with Crippen LogP contribution in [0.25, 0.3) is 0 Å². The normalized spacial score (nSPS) is 10.8. The quantitative estimate of drug-likeness (QED) is 0.851. The van der Waals surface area contributed by atoms with Crippen LogP contribution in [-0.2, 0) is 10.0 Å². The van der Waals surface area contributed by atoms with Crippen molar-refractivity contribution in [3.8, 4) is 6.07 Å². The van der Waals surface area contributed by atoms with E-state index in [1.165, 1.54) is 30.3 Å². The molecular formula is C17H16FN3O3S. The lowest BCUT2D eigenvalue weighted by molar-refractivity contribution is 0.0955. The molecule has 2 aromatic rings. The summed E-state index contributed by atoms with van der Waals surface area (Å²) in [6.07, 6.45) is 1.05. The van der Waals surface area contributed by atoms with Crippen LogP contribution in [0.1, 0.15) is 15.9 Å². The highest BCUT2D eigenvalue weighted by atomic mass is 32.2. The Morgan fingerprint density at radius 1 is 1.24 bits per heavy atom. The first-order valence-corrected chi connectivity index (χ1v) is 9.18. The van der Waals surface area contributed by atoms with Crippen molar-refractivity contribution in [1.29, 1.82) is 5.26 Å². The van der Waals surface area contributed by atoms with Gasteiger partial charge in [-0.3, -0.25) is 9.10 Å². The Hall–Kier alpha value is -2.92. The maximum atomic E-state index is 12.9. The number of anilines is 1. The minimum absolute atomic E-state index is 0.000645. The van der Waals surface area contributed by atoms with E-state index in [9.17, 15) is 17.6 Å². The summed E-state index contributed by atoms with van der Waals surface area (Å²) in [5, 5.41) is 11.5. The van der Waals surface area contributed by atoms with Crippen molar-refractivity contribution in [2.75, 3.05) is 23.7 Å². The van der Waals surface area contributed by atoms with Crippen LogP contribution in [0.5, 0.6) is 0 Å². The molecule has 0 spiro atoms. The Labute approximate surface area is 145 Å². The average molecular weight is 361 g/mol. The van der Waals surface area contributed by atoms with Gasteiger partial charge in [0, 0.05) is 12.1 Å². The molecule has 0 aromatic heterocycles. The Morgan fingerprint density at radius 3 is 2.52 bits per heavy atom. The second-order valence-corrected chi connectivity index (χ2v) is 7.17. The van der Waals surface area contributed by atoms with Gasteiger partial charge >= 0.3 is 0 Å². The summed E-state index contributed by atoms with van der Waals surface area (Å²) in [6, 6.07) is 13.2. The van der Waals surface area contributed by atoms with Gasteiger partial charge in [-0.05, 0) is 42.5 Å². The van der Waals surface area contributed by atoms with E-state index < -0.39 is 21.7 Å². The molecule has 0 saturated carbocycles. The number of nitriles is 1. The first-order valence-electron chi connectivity index (χ1n) is 7.33. The fraction of sp³-hybridized carbons (Fsp3) is 0.176. The van der Waals surface area contributed by atoms with Gasteiger partial charge in [0.25, 0.3) is 5.91 Å². The Kier molecular flexibility index (Phi) is 5.72. The van der Waals surface area contributed by atoms with Crippen LogP contribution in [0, 0.1) is 17.1 Å². The molecule has 0 aliphatic heterocycles. The van der Waals surface area contributed by atoms with Crippen molar-refractivity contribution in [3.05, 3.63) is 65.5 Å². The van der Waals surface area contributed by atoms with Crippen molar-refractivity contribution in [1.82, 2.24) is 5.32 Å². The molecule has 0 aliphatic carbocycles. The molecule has 0 atom stereocenters. The predicted molar refractivity (Wildman–Crippen MR) is 92.1 cm³/mol. The van der Waals surface area contributed by atoms with Gasteiger partial charge in [0.05, 0.1) is 30.1 Å². The molecule has 2 rings (SSSR count). The van der Waals surface area contributed by atoms with E-state index in [0.717, 1.165) is 10.6 Å². The topological polar surface area (TPSA) is 90.3 Å². The predicted octanol–water partition coefficient (Wildman–Crippen LogP) is 1.89. The molecule has 0 bridgehead atoms. The molecule has 0 saturated heterocycles. The average Bonchev–Trinajstić information content (AvgIpc) is 2.58. The Balaban J connectivity index is 2.07. The van der Waals surface area contributed by atoms with Crippen molar-refractivity contribution < 1.29 is 17.6 Å². The molecule has 0 heterocycles. The molecule has 1 N–H and O–H groups in total. The van der Waals surface area contributed by atoms with Crippen LogP contribution in [0.2, 0.25) is 0 Å². The van der Waals surface area contributed by atoms with E-state index in [-0.39, 0.29) is 18.7 Å². The van der Waals surface area contributed by atoms with E-state index in [2.05, 4.69) is 5.32 Å². The van der Waals surface area contributed by atoms with Crippen LogP contribution in [0.15, 0.2) is 48.5 Å². The van der Waals surface area contributed by atoms with E-state index >= 15 is 0 Å². The summed E-state index contributed by atoms with van der Waals surface area (Å²) in [7, 11) is -3.59. The SMILES string of the molecule is CS(=O)(=O)N(CCNC(=O)c1ccc(F)cc1)c1cccc(C#N)c1. The summed E-state index contributed by atoms with van der Waals surface area (Å²) in [5.74, 6) is -0.878. The molecule has 1 amide bonds. The summed E-state index contributed by atoms with van der Waals surface area (Å²) in [4.78, 5) is 12.0. The number of nitrogens with zero attached hydrogens (tertiary/aromatic N) is 2. The lowest BCUT2D eigenvalue weighted by atomic mass is 10.2. The van der Waals surface area contributed by atoms with Crippen molar-refractivity contribution in [2.24, 2.45) is 0 Å². The molecular weight excluding hydrogens is 345 g/mol. The molecule has 130 valence electrons. The Bertz CT molecular complexity index is 905. The summed E-state index contributed by atoms with van der Waals surface area (Å²) < 4.78 is 38.0. The first kappa shape index (κ1) is 18.4. The summed E-state index contributed by atoms with van der Waals surface area (Å²) >= 11 is 0. The second-order valence-electron chi connectivity index (χ2n) is 5.26. The highest BCUT2D eigenvalue weighted by molar-refractivity contribution is 7.92. The molecule has 2 aromatic carbocycles. The van der Waals surface area contributed by atoms with Gasteiger partial charge in [-0.25, -0.2) is 12.8 Å². The largest absolute Gasteiger partial charge is 0.350 e. The number of hydrogen-bond acceptors (Lipinski definition) is 4. The number of rotatable bonds is 6. The minimum atomic E-state index is -3.59. The fourth-order valence-electron chi connectivity index (χ4n) is 2.19. The van der Waals surface area contributed by atoms with Crippen molar-refractivity contribution in [2.45, 2.75) is 0 Å². The summed E-state index contributed by atoms with van der Waals surface area (Å²) in [5.41, 5.74) is 0.956. The maximum Gasteiger partial charge on any atom is 0.251 e. The van der Waals surface area contributed by atoms with Gasteiger partial charge in [-0.15, -0.1) is 0 Å². The van der Waals surface area contributed by atoms with E-state index in [4.69, 9.17) is 5.26 Å². The number of halogens is 1. The lowest BCUT2D eigenvalue weighted by Crippen LogP contribution is -2.38. The molecule has 8 heteroatoms. The number of carbonyl (C=O) groups excluding carboxylic acids is 1. The molecule has 0 aliphatic rings. The zero-order valence-electron chi connectivity index (χ0n) is 13.4.